The molecule has 0 unspecified atom stereocenters. The van der Waals surface area contributed by atoms with Crippen LogP contribution in [0.4, 0.5) is 0 Å². The Morgan fingerprint density at radius 3 is 2.50 bits per heavy atom. The van der Waals surface area contributed by atoms with Crippen LogP contribution in [-0.2, 0) is 6.54 Å². The third kappa shape index (κ3) is 5.70. The highest BCUT2D eigenvalue weighted by molar-refractivity contribution is 5.83. The Kier molecular flexibility index (Phi) is 7.85. The average molecular weight is 356 g/mol. The highest BCUT2D eigenvalue weighted by atomic mass is 15.2. The van der Waals surface area contributed by atoms with E-state index in [9.17, 15) is 0 Å². The Hall–Kier alpha value is -2.14. The van der Waals surface area contributed by atoms with Crippen LogP contribution in [0.5, 0.6) is 0 Å². The maximum atomic E-state index is 4.51. The molecule has 1 aromatic carbocycles. The number of guanidine groups is 1. The molecule has 0 bridgehead atoms. The second-order valence-corrected chi connectivity index (χ2v) is 7.12. The zero-order valence-electron chi connectivity index (χ0n) is 16.8. The molecule has 0 saturated carbocycles. The van der Waals surface area contributed by atoms with Crippen LogP contribution in [0.2, 0.25) is 0 Å². The Labute approximate surface area is 157 Å². The lowest BCUT2D eigenvalue weighted by molar-refractivity contribution is 0.173. The van der Waals surface area contributed by atoms with Gasteiger partial charge >= 0.3 is 0 Å². The number of nitrogens with one attached hydrogen (secondary N) is 2. The van der Waals surface area contributed by atoms with Gasteiger partial charge in [0.2, 0.25) is 0 Å². The van der Waals surface area contributed by atoms with E-state index in [-0.39, 0.29) is 0 Å². The first-order chi connectivity index (χ1) is 12.5. The van der Waals surface area contributed by atoms with Crippen molar-refractivity contribution in [2.24, 2.45) is 4.99 Å². The Morgan fingerprint density at radius 1 is 1.08 bits per heavy atom. The van der Waals surface area contributed by atoms with Crippen molar-refractivity contribution in [3.8, 4) is 0 Å². The summed E-state index contributed by atoms with van der Waals surface area (Å²) in [7, 11) is 1.81. The van der Waals surface area contributed by atoms with Crippen LogP contribution in [0.3, 0.4) is 0 Å². The zero-order valence-corrected chi connectivity index (χ0v) is 16.8. The highest BCUT2D eigenvalue weighted by Crippen LogP contribution is 2.15. The van der Waals surface area contributed by atoms with Crippen molar-refractivity contribution < 1.29 is 0 Å². The molecule has 2 N–H and O–H groups in total. The largest absolute Gasteiger partial charge is 0.356 e. The first-order valence-corrected chi connectivity index (χ1v) is 9.55. The molecule has 26 heavy (non-hydrogen) atoms. The number of rotatable bonds is 8. The minimum Gasteiger partial charge on any atom is -0.356 e. The molecule has 142 valence electrons. The van der Waals surface area contributed by atoms with E-state index in [2.05, 4.69) is 77.5 Å². The van der Waals surface area contributed by atoms with Crippen LogP contribution in [0.15, 0.2) is 41.5 Å². The first-order valence-electron chi connectivity index (χ1n) is 9.55. The van der Waals surface area contributed by atoms with E-state index in [4.69, 9.17) is 0 Å². The van der Waals surface area contributed by atoms with E-state index >= 15 is 0 Å². The van der Waals surface area contributed by atoms with E-state index in [1.54, 1.807) is 0 Å². The number of pyridine rings is 1. The van der Waals surface area contributed by atoms with Gasteiger partial charge in [-0.25, -0.2) is 0 Å². The van der Waals surface area contributed by atoms with Crippen molar-refractivity contribution in [1.29, 1.82) is 0 Å². The van der Waals surface area contributed by atoms with Crippen LogP contribution in [-0.4, -0.2) is 48.1 Å². The summed E-state index contributed by atoms with van der Waals surface area (Å²) in [6, 6.07) is 11.5. The molecule has 0 atom stereocenters. The summed E-state index contributed by atoms with van der Waals surface area (Å²) in [5.74, 6) is 0.832. The summed E-state index contributed by atoms with van der Waals surface area (Å²) < 4.78 is 0. The number of fused-ring (bicyclic) bond motifs is 1. The number of hydrogen-bond donors (Lipinski definition) is 2. The average Bonchev–Trinajstić information content (AvgIpc) is 2.63. The van der Waals surface area contributed by atoms with Crippen LogP contribution in [0.1, 0.15) is 39.7 Å². The lowest BCUT2D eigenvalue weighted by Crippen LogP contribution is -2.41. The van der Waals surface area contributed by atoms with Gasteiger partial charge in [-0.15, -0.1) is 0 Å². The van der Waals surface area contributed by atoms with Crippen LogP contribution in [0.25, 0.3) is 10.9 Å². The minimum absolute atomic E-state index is 0.575. The fraction of sp³-hybridized carbons (Fsp3) is 0.524. The van der Waals surface area contributed by atoms with E-state index in [0.717, 1.165) is 36.4 Å². The van der Waals surface area contributed by atoms with Gasteiger partial charge in [-0.1, -0.05) is 24.3 Å². The van der Waals surface area contributed by atoms with Gasteiger partial charge in [0.25, 0.3) is 0 Å². The summed E-state index contributed by atoms with van der Waals surface area (Å²) in [4.78, 5) is 11.4. The summed E-state index contributed by atoms with van der Waals surface area (Å²) in [5.41, 5.74) is 2.22. The van der Waals surface area contributed by atoms with Crippen molar-refractivity contribution in [1.82, 2.24) is 20.5 Å². The molecule has 0 amide bonds. The van der Waals surface area contributed by atoms with Gasteiger partial charge in [-0.2, -0.15) is 0 Å². The lowest BCUT2D eigenvalue weighted by atomic mass is 10.1. The Balaban J connectivity index is 1.83. The fourth-order valence-electron chi connectivity index (χ4n) is 3.29. The first kappa shape index (κ1) is 20.2. The molecular formula is C21H33N5. The molecule has 2 rings (SSSR count). The Bertz CT molecular complexity index is 695. The van der Waals surface area contributed by atoms with Gasteiger partial charge < -0.3 is 10.6 Å². The topological polar surface area (TPSA) is 52.6 Å². The maximum Gasteiger partial charge on any atom is 0.191 e. The maximum absolute atomic E-state index is 4.51. The fourth-order valence-corrected chi connectivity index (χ4v) is 3.29. The molecule has 0 fully saturated rings. The second-order valence-electron chi connectivity index (χ2n) is 7.12. The van der Waals surface area contributed by atoms with Crippen molar-refractivity contribution in [2.75, 3.05) is 20.1 Å². The molecule has 0 aliphatic carbocycles. The van der Waals surface area contributed by atoms with E-state index in [0.29, 0.717) is 18.6 Å². The number of aliphatic imine (C=N–C) groups is 1. The lowest BCUT2D eigenvalue weighted by Gasteiger charge is -2.30. The normalized spacial score (nSPS) is 12.4. The monoisotopic (exact) mass is 355 g/mol. The van der Waals surface area contributed by atoms with E-state index in [1.807, 2.05) is 19.3 Å². The molecule has 0 aliphatic rings. The molecule has 1 aromatic heterocycles. The molecule has 0 aliphatic heterocycles. The summed E-state index contributed by atoms with van der Waals surface area (Å²) >= 11 is 0. The predicted molar refractivity (Wildman–Crippen MR) is 112 cm³/mol. The molecule has 1 heterocycles. The van der Waals surface area contributed by atoms with Crippen molar-refractivity contribution in [2.45, 2.75) is 52.7 Å². The molecule has 0 saturated heterocycles. The smallest absolute Gasteiger partial charge is 0.191 e. The molecule has 0 radical (unpaired) electrons. The van der Waals surface area contributed by atoms with E-state index in [1.165, 1.54) is 5.56 Å². The quantitative estimate of drug-likeness (QED) is 0.433. The molecule has 5 heteroatoms. The predicted octanol–water partition coefficient (Wildman–Crippen LogP) is 3.41. The standard InChI is InChI=1S/C21H33N5/c1-16(2)26(17(3)4)14-8-13-24-21(22-5)25-15-19-10-6-9-18-11-7-12-23-20(18)19/h6-7,9-12,16-17H,8,13-15H2,1-5H3,(H2,22,24,25). The van der Waals surface area contributed by atoms with Crippen LogP contribution in [0, 0.1) is 0 Å². The molecule has 5 nitrogen and oxygen atoms in total. The van der Waals surface area contributed by atoms with Gasteiger partial charge in [-0.05, 0) is 45.7 Å². The summed E-state index contributed by atoms with van der Waals surface area (Å²) in [6.45, 7) is 11.7. The summed E-state index contributed by atoms with van der Waals surface area (Å²) in [6.07, 6.45) is 2.93. The number of benzene rings is 1. The minimum atomic E-state index is 0.575. The zero-order chi connectivity index (χ0) is 18.9. The number of nitrogens with zero attached hydrogens (tertiary/aromatic N) is 3. The van der Waals surface area contributed by atoms with Crippen molar-refractivity contribution in [3.63, 3.8) is 0 Å². The third-order valence-electron chi connectivity index (χ3n) is 4.60. The highest BCUT2D eigenvalue weighted by Gasteiger charge is 2.12. The van der Waals surface area contributed by atoms with Crippen LogP contribution < -0.4 is 10.6 Å². The molecule has 0 spiro atoms. The number of aromatic nitrogens is 1. The van der Waals surface area contributed by atoms with Gasteiger partial charge in [0.15, 0.2) is 5.96 Å². The van der Waals surface area contributed by atoms with Gasteiger partial charge in [0, 0.05) is 50.3 Å². The van der Waals surface area contributed by atoms with Crippen LogP contribution >= 0.6 is 0 Å². The van der Waals surface area contributed by atoms with Gasteiger partial charge in [0.1, 0.15) is 0 Å². The van der Waals surface area contributed by atoms with Crippen molar-refractivity contribution in [3.05, 3.63) is 42.1 Å². The molecule has 2 aromatic rings. The van der Waals surface area contributed by atoms with Gasteiger partial charge in [-0.3, -0.25) is 14.9 Å². The Morgan fingerprint density at radius 2 is 1.81 bits per heavy atom. The number of hydrogen-bond acceptors (Lipinski definition) is 3. The number of para-hydroxylation sites is 1. The molecular weight excluding hydrogens is 322 g/mol. The van der Waals surface area contributed by atoms with Crippen molar-refractivity contribution >= 4 is 16.9 Å². The third-order valence-corrected chi connectivity index (χ3v) is 4.60. The van der Waals surface area contributed by atoms with E-state index < -0.39 is 0 Å². The summed E-state index contributed by atoms with van der Waals surface area (Å²) in [5, 5.41) is 7.97. The van der Waals surface area contributed by atoms with Gasteiger partial charge in [0.05, 0.1) is 5.52 Å². The SMILES string of the molecule is CN=C(NCCCN(C(C)C)C(C)C)NCc1cccc2cccnc12. The second kappa shape index (κ2) is 10.1.